The van der Waals surface area contributed by atoms with E-state index in [0.717, 1.165) is 29.7 Å². The molecule has 0 bridgehead atoms. The summed E-state index contributed by atoms with van der Waals surface area (Å²) in [7, 11) is 0. The van der Waals surface area contributed by atoms with Crippen molar-refractivity contribution in [2.75, 3.05) is 6.61 Å². The van der Waals surface area contributed by atoms with Gasteiger partial charge in [-0.1, -0.05) is 46.3 Å². The van der Waals surface area contributed by atoms with Crippen LogP contribution in [0.3, 0.4) is 0 Å². The highest BCUT2D eigenvalue weighted by molar-refractivity contribution is 9.10. The summed E-state index contributed by atoms with van der Waals surface area (Å²) in [5.74, 6) is 0.859. The molecule has 0 heterocycles. The van der Waals surface area contributed by atoms with Gasteiger partial charge >= 0.3 is 0 Å². The van der Waals surface area contributed by atoms with E-state index < -0.39 is 0 Å². The molecule has 0 unspecified atom stereocenters. The molecule has 0 aliphatic heterocycles. The van der Waals surface area contributed by atoms with E-state index in [-0.39, 0.29) is 0 Å². The first-order chi connectivity index (χ1) is 10.8. The molecule has 2 aromatic carbocycles. The lowest BCUT2D eigenvalue weighted by Crippen LogP contribution is -2.13. The molecule has 0 amide bonds. The van der Waals surface area contributed by atoms with Crippen molar-refractivity contribution in [2.24, 2.45) is 0 Å². The van der Waals surface area contributed by atoms with Crippen LogP contribution in [0.1, 0.15) is 24.0 Å². The van der Waals surface area contributed by atoms with Gasteiger partial charge in [-0.25, -0.2) is 0 Å². The Morgan fingerprint density at radius 3 is 2.77 bits per heavy atom. The van der Waals surface area contributed by atoms with Crippen molar-refractivity contribution < 1.29 is 4.74 Å². The van der Waals surface area contributed by atoms with Crippen molar-refractivity contribution in [3.8, 4) is 11.8 Å². The van der Waals surface area contributed by atoms with E-state index in [2.05, 4.69) is 39.4 Å². The lowest BCUT2D eigenvalue weighted by atomic mass is 10.2. The number of halogens is 1. The third-order valence-corrected chi connectivity index (χ3v) is 3.98. The SMILES string of the molecule is N#CCCCOc1cccc(CNCc2ccccc2Br)c1. The van der Waals surface area contributed by atoms with Crippen molar-refractivity contribution >= 4 is 15.9 Å². The predicted octanol–water partition coefficient (Wildman–Crippen LogP) is 4.42. The maximum absolute atomic E-state index is 8.50. The normalized spacial score (nSPS) is 10.2. The number of nitrogens with zero attached hydrogens (tertiary/aromatic N) is 1. The Morgan fingerprint density at radius 2 is 1.95 bits per heavy atom. The molecule has 2 rings (SSSR count). The van der Waals surface area contributed by atoms with Gasteiger partial charge in [-0.3, -0.25) is 0 Å². The second-order valence-corrected chi connectivity index (χ2v) is 5.81. The van der Waals surface area contributed by atoms with E-state index >= 15 is 0 Å². The lowest BCUT2D eigenvalue weighted by molar-refractivity contribution is 0.312. The summed E-state index contributed by atoms with van der Waals surface area (Å²) in [6.07, 6.45) is 1.30. The quantitative estimate of drug-likeness (QED) is 0.710. The van der Waals surface area contributed by atoms with Gasteiger partial charge in [0.15, 0.2) is 0 Å². The Labute approximate surface area is 140 Å². The van der Waals surface area contributed by atoms with Crippen LogP contribution in [0, 0.1) is 11.3 Å². The van der Waals surface area contributed by atoms with Crippen LogP contribution >= 0.6 is 15.9 Å². The predicted molar refractivity (Wildman–Crippen MR) is 91.5 cm³/mol. The minimum Gasteiger partial charge on any atom is -0.494 e. The Morgan fingerprint density at radius 1 is 1.09 bits per heavy atom. The monoisotopic (exact) mass is 358 g/mol. The number of rotatable bonds is 8. The van der Waals surface area contributed by atoms with Gasteiger partial charge in [-0.15, -0.1) is 0 Å². The minimum atomic E-state index is 0.535. The van der Waals surface area contributed by atoms with Crippen LogP contribution in [0.4, 0.5) is 0 Å². The summed E-state index contributed by atoms with van der Waals surface area (Å²) in [5.41, 5.74) is 2.43. The van der Waals surface area contributed by atoms with Crippen LogP contribution in [-0.4, -0.2) is 6.61 Å². The summed E-state index contributed by atoms with van der Waals surface area (Å²) >= 11 is 3.55. The molecule has 0 aliphatic carbocycles. The van der Waals surface area contributed by atoms with Crippen molar-refractivity contribution in [3.63, 3.8) is 0 Å². The second-order valence-electron chi connectivity index (χ2n) is 4.95. The van der Waals surface area contributed by atoms with Crippen LogP contribution in [0.15, 0.2) is 53.0 Å². The molecule has 0 atom stereocenters. The number of nitrogens with one attached hydrogen (secondary N) is 1. The third-order valence-electron chi connectivity index (χ3n) is 3.20. The number of ether oxygens (including phenoxy) is 1. The molecule has 0 aliphatic rings. The first kappa shape index (κ1) is 16.5. The van der Waals surface area contributed by atoms with Gasteiger partial charge in [0.1, 0.15) is 5.75 Å². The summed E-state index contributed by atoms with van der Waals surface area (Å²) in [5, 5.41) is 11.9. The third kappa shape index (κ3) is 5.51. The van der Waals surface area contributed by atoms with E-state index in [4.69, 9.17) is 10.00 Å². The van der Waals surface area contributed by atoms with Gasteiger partial charge in [0.25, 0.3) is 0 Å². The Bertz CT molecular complexity index is 637. The average Bonchev–Trinajstić information content (AvgIpc) is 2.54. The number of unbranched alkanes of at least 4 members (excludes halogenated alkanes) is 1. The van der Waals surface area contributed by atoms with Gasteiger partial charge in [0, 0.05) is 24.0 Å². The fraction of sp³-hybridized carbons (Fsp3) is 0.278. The van der Waals surface area contributed by atoms with Gasteiger partial charge in [0.2, 0.25) is 0 Å². The zero-order valence-corrected chi connectivity index (χ0v) is 14.0. The zero-order chi connectivity index (χ0) is 15.6. The Kier molecular flexibility index (Phi) is 6.95. The van der Waals surface area contributed by atoms with Crippen LogP contribution < -0.4 is 10.1 Å². The smallest absolute Gasteiger partial charge is 0.119 e. The Balaban J connectivity index is 1.80. The summed E-state index contributed by atoms with van der Waals surface area (Å²) in [6.45, 7) is 2.19. The molecule has 2 aromatic rings. The molecule has 0 saturated carbocycles. The number of hydrogen-bond donors (Lipinski definition) is 1. The van der Waals surface area contributed by atoms with Crippen molar-refractivity contribution in [1.29, 1.82) is 5.26 Å². The standard InChI is InChI=1S/C18H19BrN2O/c19-18-9-2-1-7-16(18)14-21-13-15-6-5-8-17(12-15)22-11-4-3-10-20/h1-2,5-9,12,21H,3-4,11,13-14H2. The van der Waals surface area contributed by atoms with Crippen molar-refractivity contribution in [3.05, 3.63) is 64.1 Å². The van der Waals surface area contributed by atoms with Crippen LogP contribution in [0.5, 0.6) is 5.75 Å². The summed E-state index contributed by atoms with van der Waals surface area (Å²) < 4.78 is 6.77. The number of nitriles is 1. The molecular weight excluding hydrogens is 340 g/mol. The first-order valence-electron chi connectivity index (χ1n) is 7.32. The molecule has 114 valence electrons. The minimum absolute atomic E-state index is 0.535. The molecule has 0 radical (unpaired) electrons. The molecule has 22 heavy (non-hydrogen) atoms. The van der Waals surface area contributed by atoms with Crippen LogP contribution in [-0.2, 0) is 13.1 Å². The fourth-order valence-corrected chi connectivity index (χ4v) is 2.49. The topological polar surface area (TPSA) is 45.0 Å². The van der Waals surface area contributed by atoms with E-state index in [1.165, 1.54) is 11.1 Å². The number of benzene rings is 2. The summed E-state index contributed by atoms with van der Waals surface area (Å²) in [6, 6.07) is 18.4. The maximum atomic E-state index is 8.50. The molecule has 4 heteroatoms. The highest BCUT2D eigenvalue weighted by Gasteiger charge is 2.00. The van der Waals surface area contributed by atoms with E-state index in [0.29, 0.717) is 13.0 Å². The molecule has 0 spiro atoms. The van der Waals surface area contributed by atoms with Gasteiger partial charge in [0.05, 0.1) is 12.7 Å². The highest BCUT2D eigenvalue weighted by Crippen LogP contribution is 2.16. The molecular formula is C18H19BrN2O. The van der Waals surface area contributed by atoms with Gasteiger partial charge in [-0.2, -0.15) is 5.26 Å². The van der Waals surface area contributed by atoms with E-state index in [9.17, 15) is 0 Å². The van der Waals surface area contributed by atoms with Crippen LogP contribution in [0.2, 0.25) is 0 Å². The van der Waals surface area contributed by atoms with E-state index in [1.54, 1.807) is 0 Å². The van der Waals surface area contributed by atoms with Crippen LogP contribution in [0.25, 0.3) is 0 Å². The molecule has 3 nitrogen and oxygen atoms in total. The highest BCUT2D eigenvalue weighted by atomic mass is 79.9. The summed E-state index contributed by atoms with van der Waals surface area (Å²) in [4.78, 5) is 0. The fourth-order valence-electron chi connectivity index (χ4n) is 2.07. The van der Waals surface area contributed by atoms with Gasteiger partial charge in [-0.05, 0) is 35.7 Å². The van der Waals surface area contributed by atoms with E-state index in [1.807, 2.05) is 36.4 Å². The first-order valence-corrected chi connectivity index (χ1v) is 8.11. The number of hydrogen-bond acceptors (Lipinski definition) is 3. The maximum Gasteiger partial charge on any atom is 0.119 e. The van der Waals surface area contributed by atoms with Crippen molar-refractivity contribution in [2.45, 2.75) is 25.9 Å². The Hall–Kier alpha value is -1.83. The molecule has 0 fully saturated rings. The van der Waals surface area contributed by atoms with Crippen molar-refractivity contribution in [1.82, 2.24) is 5.32 Å². The zero-order valence-electron chi connectivity index (χ0n) is 12.4. The molecule has 0 saturated heterocycles. The lowest BCUT2D eigenvalue weighted by Gasteiger charge is -2.09. The molecule has 1 N–H and O–H groups in total. The second kappa shape index (κ2) is 9.24. The van der Waals surface area contributed by atoms with Gasteiger partial charge < -0.3 is 10.1 Å². The largest absolute Gasteiger partial charge is 0.494 e. The molecule has 0 aromatic heterocycles. The average molecular weight is 359 g/mol.